The first-order valence-electron chi connectivity index (χ1n) is 6.62. The normalized spacial score (nSPS) is 21.0. The van der Waals surface area contributed by atoms with Crippen LogP contribution in [-0.2, 0) is 6.54 Å². The Morgan fingerprint density at radius 1 is 1.35 bits per heavy atom. The van der Waals surface area contributed by atoms with Gasteiger partial charge < -0.3 is 5.32 Å². The van der Waals surface area contributed by atoms with E-state index in [1.165, 1.54) is 36.2 Å². The van der Waals surface area contributed by atoms with Crippen molar-refractivity contribution in [3.8, 4) is 0 Å². The third-order valence-corrected chi connectivity index (χ3v) is 3.76. The van der Waals surface area contributed by atoms with Crippen LogP contribution in [0, 0.1) is 19.8 Å². The smallest absolute Gasteiger partial charge is 0.0236 e. The monoisotopic (exact) mass is 232 g/mol. The summed E-state index contributed by atoms with van der Waals surface area (Å²) in [6, 6.07) is 6.78. The molecule has 1 heterocycles. The molecule has 1 saturated heterocycles. The molecule has 0 amide bonds. The molecule has 1 N–H and O–H groups in total. The highest BCUT2D eigenvalue weighted by Crippen LogP contribution is 2.20. The summed E-state index contributed by atoms with van der Waals surface area (Å²) >= 11 is 0. The van der Waals surface area contributed by atoms with Gasteiger partial charge >= 0.3 is 0 Å². The van der Waals surface area contributed by atoms with Gasteiger partial charge in [0.25, 0.3) is 0 Å². The van der Waals surface area contributed by atoms with Crippen molar-refractivity contribution in [2.24, 2.45) is 5.92 Å². The van der Waals surface area contributed by atoms with E-state index in [1.807, 2.05) is 7.05 Å². The second kappa shape index (κ2) is 5.65. The zero-order chi connectivity index (χ0) is 12.3. The number of likely N-dealkylation sites (tertiary alicyclic amines) is 1. The van der Waals surface area contributed by atoms with Crippen LogP contribution in [0.4, 0.5) is 0 Å². The minimum atomic E-state index is 0.838. The van der Waals surface area contributed by atoms with E-state index in [0.717, 1.165) is 19.0 Å². The van der Waals surface area contributed by atoms with Crippen molar-refractivity contribution in [1.82, 2.24) is 10.2 Å². The van der Waals surface area contributed by atoms with Crippen LogP contribution < -0.4 is 5.32 Å². The first-order valence-corrected chi connectivity index (χ1v) is 6.62. The van der Waals surface area contributed by atoms with Gasteiger partial charge in [0.15, 0.2) is 0 Å². The summed E-state index contributed by atoms with van der Waals surface area (Å²) in [5.74, 6) is 0.838. The molecule has 1 aromatic rings. The molecule has 0 aromatic heterocycles. The average molecular weight is 232 g/mol. The lowest BCUT2D eigenvalue weighted by Crippen LogP contribution is -2.24. The molecule has 2 heteroatoms. The molecule has 94 valence electrons. The van der Waals surface area contributed by atoms with Crippen LogP contribution in [0.15, 0.2) is 18.2 Å². The quantitative estimate of drug-likeness (QED) is 0.857. The van der Waals surface area contributed by atoms with Crippen molar-refractivity contribution in [2.45, 2.75) is 26.8 Å². The Labute approximate surface area is 105 Å². The molecule has 1 aromatic carbocycles. The Balaban J connectivity index is 1.95. The molecule has 0 spiro atoms. The Hall–Kier alpha value is -0.860. The Bertz CT molecular complexity index is 373. The van der Waals surface area contributed by atoms with E-state index in [9.17, 15) is 0 Å². The van der Waals surface area contributed by atoms with Gasteiger partial charge in [0, 0.05) is 13.1 Å². The van der Waals surface area contributed by atoms with Crippen LogP contribution in [0.5, 0.6) is 0 Å². The zero-order valence-corrected chi connectivity index (χ0v) is 11.3. The lowest BCUT2D eigenvalue weighted by Gasteiger charge is -2.18. The molecule has 0 aliphatic carbocycles. The standard InChI is InChI=1S/C15H24N2/c1-12-4-5-13(2)15(8-12)11-17-7-6-14(10-17)9-16-3/h4-5,8,14,16H,6-7,9-11H2,1-3H3. The molecule has 0 saturated carbocycles. The minimum absolute atomic E-state index is 0.838. The highest BCUT2D eigenvalue weighted by atomic mass is 15.1. The van der Waals surface area contributed by atoms with Gasteiger partial charge in [0.2, 0.25) is 0 Å². The second-order valence-electron chi connectivity index (χ2n) is 5.38. The molecule has 1 aliphatic heterocycles. The van der Waals surface area contributed by atoms with Crippen LogP contribution in [0.2, 0.25) is 0 Å². The first-order chi connectivity index (χ1) is 8.19. The largest absolute Gasteiger partial charge is 0.319 e. The maximum Gasteiger partial charge on any atom is 0.0236 e. The van der Waals surface area contributed by atoms with Gasteiger partial charge in [0.1, 0.15) is 0 Å². The van der Waals surface area contributed by atoms with Crippen LogP contribution in [0.25, 0.3) is 0 Å². The number of hydrogen-bond acceptors (Lipinski definition) is 2. The third-order valence-electron chi connectivity index (χ3n) is 3.76. The van der Waals surface area contributed by atoms with Crippen molar-refractivity contribution in [3.63, 3.8) is 0 Å². The summed E-state index contributed by atoms with van der Waals surface area (Å²) in [6.07, 6.45) is 1.34. The van der Waals surface area contributed by atoms with Crippen molar-refractivity contribution in [3.05, 3.63) is 34.9 Å². The van der Waals surface area contributed by atoms with Crippen LogP contribution in [-0.4, -0.2) is 31.6 Å². The summed E-state index contributed by atoms with van der Waals surface area (Å²) in [7, 11) is 2.05. The predicted octanol–water partition coefficient (Wildman–Crippen LogP) is 2.34. The number of hydrogen-bond donors (Lipinski definition) is 1. The fourth-order valence-corrected chi connectivity index (χ4v) is 2.72. The highest BCUT2D eigenvalue weighted by Gasteiger charge is 2.21. The molecule has 17 heavy (non-hydrogen) atoms. The van der Waals surface area contributed by atoms with E-state index in [-0.39, 0.29) is 0 Å². The summed E-state index contributed by atoms with van der Waals surface area (Å²) in [5.41, 5.74) is 4.29. The third kappa shape index (κ3) is 3.30. The summed E-state index contributed by atoms with van der Waals surface area (Å²) in [5, 5.41) is 3.29. The fourth-order valence-electron chi connectivity index (χ4n) is 2.72. The molecule has 1 atom stereocenters. The van der Waals surface area contributed by atoms with Crippen molar-refractivity contribution in [2.75, 3.05) is 26.7 Å². The van der Waals surface area contributed by atoms with E-state index in [2.05, 4.69) is 42.3 Å². The van der Waals surface area contributed by atoms with E-state index in [0.29, 0.717) is 0 Å². The summed E-state index contributed by atoms with van der Waals surface area (Å²) in [4.78, 5) is 2.59. The lowest BCUT2D eigenvalue weighted by atomic mass is 10.1. The molecule has 0 radical (unpaired) electrons. The number of aryl methyl sites for hydroxylation is 2. The number of benzene rings is 1. The first kappa shape index (κ1) is 12.6. The van der Waals surface area contributed by atoms with E-state index >= 15 is 0 Å². The zero-order valence-electron chi connectivity index (χ0n) is 11.3. The van der Waals surface area contributed by atoms with E-state index < -0.39 is 0 Å². The van der Waals surface area contributed by atoms with Gasteiger partial charge in [0.05, 0.1) is 0 Å². The van der Waals surface area contributed by atoms with E-state index in [4.69, 9.17) is 0 Å². The lowest BCUT2D eigenvalue weighted by molar-refractivity contribution is 0.315. The molecule has 1 unspecified atom stereocenters. The van der Waals surface area contributed by atoms with Gasteiger partial charge in [-0.15, -0.1) is 0 Å². The van der Waals surface area contributed by atoms with E-state index in [1.54, 1.807) is 0 Å². The van der Waals surface area contributed by atoms with Crippen molar-refractivity contribution in [1.29, 1.82) is 0 Å². The minimum Gasteiger partial charge on any atom is -0.319 e. The molecule has 2 rings (SSSR count). The highest BCUT2D eigenvalue weighted by molar-refractivity contribution is 5.30. The average Bonchev–Trinajstić information content (AvgIpc) is 2.72. The van der Waals surface area contributed by atoms with Gasteiger partial charge in [-0.25, -0.2) is 0 Å². The van der Waals surface area contributed by atoms with Crippen LogP contribution in [0.1, 0.15) is 23.1 Å². The molecule has 2 nitrogen and oxygen atoms in total. The van der Waals surface area contributed by atoms with Crippen molar-refractivity contribution < 1.29 is 0 Å². The van der Waals surface area contributed by atoms with Gasteiger partial charge in [-0.1, -0.05) is 23.8 Å². The van der Waals surface area contributed by atoms with Gasteiger partial charge in [-0.2, -0.15) is 0 Å². The Morgan fingerprint density at radius 3 is 2.94 bits per heavy atom. The van der Waals surface area contributed by atoms with Crippen LogP contribution in [0.3, 0.4) is 0 Å². The van der Waals surface area contributed by atoms with Gasteiger partial charge in [-0.3, -0.25) is 4.90 Å². The van der Waals surface area contributed by atoms with Crippen LogP contribution >= 0.6 is 0 Å². The second-order valence-corrected chi connectivity index (χ2v) is 5.38. The van der Waals surface area contributed by atoms with Crippen molar-refractivity contribution >= 4 is 0 Å². The number of nitrogens with one attached hydrogen (secondary N) is 1. The Morgan fingerprint density at radius 2 is 2.18 bits per heavy atom. The topological polar surface area (TPSA) is 15.3 Å². The summed E-state index contributed by atoms with van der Waals surface area (Å²) in [6.45, 7) is 9.16. The maximum atomic E-state index is 3.29. The van der Waals surface area contributed by atoms with Gasteiger partial charge in [-0.05, 0) is 57.5 Å². The maximum absolute atomic E-state index is 3.29. The molecule has 0 bridgehead atoms. The Kier molecular flexibility index (Phi) is 4.19. The predicted molar refractivity (Wildman–Crippen MR) is 73.2 cm³/mol. The SMILES string of the molecule is CNCC1CCN(Cc2cc(C)ccc2C)C1. The number of nitrogens with zero attached hydrogens (tertiary/aromatic N) is 1. The molecule has 1 aliphatic rings. The fraction of sp³-hybridized carbons (Fsp3) is 0.600. The summed E-state index contributed by atoms with van der Waals surface area (Å²) < 4.78 is 0. The number of rotatable bonds is 4. The molecular weight excluding hydrogens is 208 g/mol. The molecular formula is C15H24N2. The molecule has 1 fully saturated rings.